The van der Waals surface area contributed by atoms with Crippen LogP contribution in [0.15, 0.2) is 40.9 Å². The monoisotopic (exact) mass is 339 g/mol. The number of Topliss-reactive ketones (excluding diaryl/α,β-unsaturated/α-hetero) is 1. The van der Waals surface area contributed by atoms with E-state index in [4.69, 9.17) is 9.26 Å². The van der Waals surface area contributed by atoms with Crippen LogP contribution in [0.2, 0.25) is 0 Å². The summed E-state index contributed by atoms with van der Waals surface area (Å²) in [5.74, 6) is 0.759. The molecule has 0 saturated heterocycles. The van der Waals surface area contributed by atoms with E-state index < -0.39 is 0 Å². The summed E-state index contributed by atoms with van der Waals surface area (Å²) in [7, 11) is 0. The van der Waals surface area contributed by atoms with Gasteiger partial charge in [0.05, 0.1) is 5.92 Å². The lowest BCUT2D eigenvalue weighted by molar-refractivity contribution is -0.154. The Kier molecular flexibility index (Phi) is 4.38. The maximum atomic E-state index is 12.4. The van der Waals surface area contributed by atoms with Crippen molar-refractivity contribution in [1.82, 2.24) is 5.16 Å². The van der Waals surface area contributed by atoms with Gasteiger partial charge in [-0.05, 0) is 25.7 Å². The predicted molar refractivity (Wildman–Crippen MR) is 90.3 cm³/mol. The summed E-state index contributed by atoms with van der Waals surface area (Å²) in [6.07, 6.45) is 4.22. The first-order valence-corrected chi connectivity index (χ1v) is 8.92. The van der Waals surface area contributed by atoms with Crippen LogP contribution in [0, 0.1) is 17.8 Å². The van der Waals surface area contributed by atoms with Crippen molar-refractivity contribution in [3.8, 4) is 11.3 Å². The molecule has 5 heteroatoms. The van der Waals surface area contributed by atoms with E-state index >= 15 is 0 Å². The number of hydrogen-bond donors (Lipinski definition) is 0. The van der Waals surface area contributed by atoms with Gasteiger partial charge in [-0.3, -0.25) is 9.59 Å². The van der Waals surface area contributed by atoms with Crippen molar-refractivity contribution in [2.24, 2.45) is 17.8 Å². The second-order valence-electron chi connectivity index (χ2n) is 7.05. The van der Waals surface area contributed by atoms with Gasteiger partial charge in [0.15, 0.2) is 5.76 Å². The molecule has 3 atom stereocenters. The van der Waals surface area contributed by atoms with E-state index in [9.17, 15) is 9.59 Å². The predicted octanol–water partition coefficient (Wildman–Crippen LogP) is 3.78. The molecule has 5 nitrogen and oxygen atoms in total. The van der Waals surface area contributed by atoms with Gasteiger partial charge >= 0.3 is 5.97 Å². The fourth-order valence-corrected chi connectivity index (χ4v) is 4.05. The van der Waals surface area contributed by atoms with E-state index in [1.165, 1.54) is 0 Å². The van der Waals surface area contributed by atoms with E-state index in [0.29, 0.717) is 30.1 Å². The molecule has 2 aliphatic rings. The first kappa shape index (κ1) is 16.1. The lowest BCUT2D eigenvalue weighted by Gasteiger charge is -2.36. The molecule has 0 amide bonds. The summed E-state index contributed by atoms with van der Waals surface area (Å²) in [6, 6.07) is 11.5. The highest BCUT2D eigenvalue weighted by Crippen LogP contribution is 2.40. The number of esters is 1. The molecule has 0 aliphatic heterocycles. The zero-order valence-electron chi connectivity index (χ0n) is 14.0. The minimum Gasteiger partial charge on any atom is -0.459 e. The number of hydrogen-bond acceptors (Lipinski definition) is 5. The molecule has 2 saturated carbocycles. The van der Waals surface area contributed by atoms with Crippen LogP contribution >= 0.6 is 0 Å². The molecule has 1 heterocycles. The second kappa shape index (κ2) is 6.82. The van der Waals surface area contributed by atoms with Crippen molar-refractivity contribution in [2.75, 3.05) is 0 Å². The van der Waals surface area contributed by atoms with Crippen LogP contribution in [0.25, 0.3) is 11.3 Å². The average molecular weight is 339 g/mol. The van der Waals surface area contributed by atoms with Crippen LogP contribution in [0.1, 0.15) is 37.8 Å². The molecular weight excluding hydrogens is 318 g/mol. The molecule has 2 aromatic rings. The number of benzene rings is 1. The van der Waals surface area contributed by atoms with Gasteiger partial charge in [0.2, 0.25) is 0 Å². The first-order chi connectivity index (χ1) is 12.2. The summed E-state index contributed by atoms with van der Waals surface area (Å²) in [4.78, 5) is 24.5. The Morgan fingerprint density at radius 2 is 1.88 bits per heavy atom. The summed E-state index contributed by atoms with van der Waals surface area (Å²) in [5.41, 5.74) is 1.53. The maximum Gasteiger partial charge on any atom is 0.309 e. The first-order valence-electron chi connectivity index (χ1n) is 8.92. The molecule has 2 bridgehead atoms. The van der Waals surface area contributed by atoms with E-state index in [0.717, 1.165) is 24.8 Å². The number of aromatic nitrogens is 1. The largest absolute Gasteiger partial charge is 0.459 e. The minimum absolute atomic E-state index is 0.0572. The lowest BCUT2D eigenvalue weighted by Crippen LogP contribution is -2.39. The molecular formula is C20H21NO4. The van der Waals surface area contributed by atoms with Crippen molar-refractivity contribution in [3.63, 3.8) is 0 Å². The number of ketones is 1. The van der Waals surface area contributed by atoms with Gasteiger partial charge in [0.1, 0.15) is 18.1 Å². The fraction of sp³-hybridized carbons (Fsp3) is 0.450. The van der Waals surface area contributed by atoms with Gasteiger partial charge in [-0.15, -0.1) is 0 Å². The molecule has 1 unspecified atom stereocenters. The molecule has 2 fully saturated rings. The van der Waals surface area contributed by atoms with Gasteiger partial charge in [0, 0.05) is 23.5 Å². The molecule has 0 spiro atoms. The Labute approximate surface area is 146 Å². The quantitative estimate of drug-likeness (QED) is 0.793. The SMILES string of the molecule is O=C(OCc1cc(-c2ccccc2)on1)C1C[C@H]2CCC[C@@H](C1)C2=O. The van der Waals surface area contributed by atoms with E-state index in [1.54, 1.807) is 6.07 Å². The van der Waals surface area contributed by atoms with Gasteiger partial charge < -0.3 is 9.26 Å². The van der Waals surface area contributed by atoms with E-state index in [1.807, 2.05) is 30.3 Å². The topological polar surface area (TPSA) is 69.4 Å². The van der Waals surface area contributed by atoms with Crippen molar-refractivity contribution in [1.29, 1.82) is 0 Å². The van der Waals surface area contributed by atoms with Crippen molar-refractivity contribution in [3.05, 3.63) is 42.1 Å². The summed E-state index contributed by atoms with van der Waals surface area (Å²) < 4.78 is 10.8. The molecule has 2 aliphatic carbocycles. The minimum atomic E-state index is -0.214. The van der Waals surface area contributed by atoms with Gasteiger partial charge in [0.25, 0.3) is 0 Å². The van der Waals surface area contributed by atoms with Crippen LogP contribution < -0.4 is 0 Å². The zero-order valence-corrected chi connectivity index (χ0v) is 14.0. The second-order valence-corrected chi connectivity index (χ2v) is 7.05. The molecule has 0 radical (unpaired) electrons. The van der Waals surface area contributed by atoms with Crippen molar-refractivity contribution >= 4 is 11.8 Å². The van der Waals surface area contributed by atoms with Crippen LogP contribution in [0.4, 0.5) is 0 Å². The number of rotatable bonds is 4. The van der Waals surface area contributed by atoms with Crippen molar-refractivity contribution < 1.29 is 18.8 Å². The Morgan fingerprint density at radius 3 is 2.60 bits per heavy atom. The zero-order chi connectivity index (χ0) is 17.2. The van der Waals surface area contributed by atoms with Crippen LogP contribution in [-0.2, 0) is 20.9 Å². The lowest BCUT2D eigenvalue weighted by atomic mass is 9.67. The standard InChI is InChI=1S/C20H21NO4/c22-19-14-7-4-8-15(19)10-16(9-14)20(23)24-12-17-11-18(25-21-17)13-5-2-1-3-6-13/h1-3,5-6,11,14-16H,4,7-10,12H2/t14-,15+,16?. The Morgan fingerprint density at radius 1 is 1.16 bits per heavy atom. The highest BCUT2D eigenvalue weighted by molar-refractivity contribution is 5.87. The number of fused-ring (bicyclic) bond motifs is 2. The summed E-state index contributed by atoms with van der Waals surface area (Å²) in [5, 5.41) is 3.97. The van der Waals surface area contributed by atoms with Gasteiger partial charge in [-0.25, -0.2) is 0 Å². The third-order valence-electron chi connectivity index (χ3n) is 5.36. The van der Waals surface area contributed by atoms with Crippen LogP contribution in [0.5, 0.6) is 0 Å². The maximum absolute atomic E-state index is 12.4. The van der Waals surface area contributed by atoms with Crippen molar-refractivity contribution in [2.45, 2.75) is 38.7 Å². The average Bonchev–Trinajstić information content (AvgIpc) is 3.09. The number of nitrogens with zero attached hydrogens (tertiary/aromatic N) is 1. The highest BCUT2D eigenvalue weighted by Gasteiger charge is 2.41. The van der Waals surface area contributed by atoms with Crippen LogP contribution in [-0.4, -0.2) is 16.9 Å². The molecule has 25 heavy (non-hydrogen) atoms. The van der Waals surface area contributed by atoms with E-state index in [2.05, 4.69) is 5.16 Å². The Bertz CT molecular complexity index is 751. The normalized spacial score (nSPS) is 25.6. The summed E-state index contributed by atoms with van der Waals surface area (Å²) in [6.45, 7) is 0.106. The third kappa shape index (κ3) is 3.36. The number of carbonyl (C=O) groups is 2. The third-order valence-corrected chi connectivity index (χ3v) is 5.36. The fourth-order valence-electron chi connectivity index (χ4n) is 4.05. The van der Waals surface area contributed by atoms with Gasteiger partial charge in [-0.1, -0.05) is 41.9 Å². The molecule has 1 aromatic heterocycles. The molecule has 4 rings (SSSR count). The van der Waals surface area contributed by atoms with Gasteiger partial charge in [-0.2, -0.15) is 0 Å². The van der Waals surface area contributed by atoms with E-state index in [-0.39, 0.29) is 30.3 Å². The Hall–Kier alpha value is -2.43. The molecule has 130 valence electrons. The Balaban J connectivity index is 1.35. The number of carbonyl (C=O) groups excluding carboxylic acids is 2. The number of ether oxygens (including phenoxy) is 1. The molecule has 0 N–H and O–H groups in total. The molecule has 1 aromatic carbocycles. The van der Waals surface area contributed by atoms with Crippen LogP contribution in [0.3, 0.4) is 0 Å². The summed E-state index contributed by atoms with van der Waals surface area (Å²) >= 11 is 0. The highest BCUT2D eigenvalue weighted by atomic mass is 16.5. The smallest absolute Gasteiger partial charge is 0.309 e.